The van der Waals surface area contributed by atoms with Gasteiger partial charge in [0.25, 0.3) is 0 Å². The third-order valence-corrected chi connectivity index (χ3v) is 5.97. The van der Waals surface area contributed by atoms with E-state index < -0.39 is 0 Å². The highest BCUT2D eigenvalue weighted by molar-refractivity contribution is 9.10. The van der Waals surface area contributed by atoms with Gasteiger partial charge in [0, 0.05) is 20.3 Å². The number of methoxy groups -OCH3 is 1. The van der Waals surface area contributed by atoms with Gasteiger partial charge < -0.3 is 10.1 Å². The molecule has 0 spiro atoms. The number of benzene rings is 1. The molecule has 1 aliphatic carbocycles. The van der Waals surface area contributed by atoms with Gasteiger partial charge in [0.15, 0.2) is 0 Å². The first-order chi connectivity index (χ1) is 10.2. The highest BCUT2D eigenvalue weighted by Gasteiger charge is 2.20. The fraction of sp³-hybridized carbons (Fsp3) is 0.412. The van der Waals surface area contributed by atoms with Crippen LogP contribution in [0.25, 0.3) is 0 Å². The van der Waals surface area contributed by atoms with Crippen molar-refractivity contribution in [3.05, 3.63) is 49.6 Å². The molecule has 0 saturated carbocycles. The van der Waals surface area contributed by atoms with Crippen LogP contribution in [-0.4, -0.2) is 14.2 Å². The summed E-state index contributed by atoms with van der Waals surface area (Å²) in [6.07, 6.45) is 4.78. The Labute approximate surface area is 138 Å². The van der Waals surface area contributed by atoms with Gasteiger partial charge in [0.05, 0.1) is 7.11 Å². The Balaban J connectivity index is 1.85. The van der Waals surface area contributed by atoms with Crippen LogP contribution in [-0.2, 0) is 19.3 Å². The van der Waals surface area contributed by atoms with Crippen molar-refractivity contribution in [2.75, 3.05) is 14.2 Å². The molecule has 1 aliphatic rings. The Morgan fingerprint density at radius 3 is 2.90 bits per heavy atom. The third kappa shape index (κ3) is 3.17. The maximum atomic E-state index is 5.50. The number of aryl methyl sites for hydroxylation is 2. The lowest BCUT2D eigenvalue weighted by Crippen LogP contribution is -2.18. The molecule has 1 aromatic heterocycles. The van der Waals surface area contributed by atoms with Crippen LogP contribution in [0.5, 0.6) is 5.75 Å². The number of thiophene rings is 1. The summed E-state index contributed by atoms with van der Waals surface area (Å²) < 4.78 is 6.60. The minimum absolute atomic E-state index is 0.351. The molecule has 1 unspecified atom stereocenters. The zero-order valence-electron chi connectivity index (χ0n) is 12.4. The van der Waals surface area contributed by atoms with Crippen LogP contribution in [0.1, 0.15) is 33.3 Å². The number of likely N-dealkylation sites (N-methyl/N-ethyl adjacent to an activating group) is 1. The summed E-state index contributed by atoms with van der Waals surface area (Å²) in [6, 6.07) is 8.96. The molecule has 1 atom stereocenters. The van der Waals surface area contributed by atoms with Gasteiger partial charge in [-0.3, -0.25) is 0 Å². The molecule has 0 amide bonds. The molecule has 0 fully saturated rings. The molecule has 0 aliphatic heterocycles. The molecule has 112 valence electrons. The Bertz CT molecular complexity index is 616. The van der Waals surface area contributed by atoms with Crippen LogP contribution in [0.4, 0.5) is 0 Å². The zero-order chi connectivity index (χ0) is 14.8. The van der Waals surface area contributed by atoms with Gasteiger partial charge in [-0.05, 0) is 68.1 Å². The molecule has 1 aromatic carbocycles. The average Bonchev–Trinajstić information content (AvgIpc) is 3.06. The minimum Gasteiger partial charge on any atom is -0.496 e. The minimum atomic E-state index is 0.351. The van der Waals surface area contributed by atoms with Gasteiger partial charge in [-0.2, -0.15) is 0 Å². The largest absolute Gasteiger partial charge is 0.496 e. The number of nitrogens with one attached hydrogen (secondary N) is 1. The van der Waals surface area contributed by atoms with E-state index in [4.69, 9.17) is 4.74 Å². The van der Waals surface area contributed by atoms with Crippen LogP contribution >= 0.6 is 27.3 Å². The molecule has 0 radical (unpaired) electrons. The first-order valence-corrected chi connectivity index (χ1v) is 8.93. The SMILES string of the molecule is CNC(Cc1cc(Br)ccc1OC)c1cc2c(s1)CCC2. The molecular formula is C17H20BrNOS. The molecule has 0 saturated heterocycles. The van der Waals surface area contributed by atoms with Crippen LogP contribution in [0.15, 0.2) is 28.7 Å². The maximum Gasteiger partial charge on any atom is 0.122 e. The van der Waals surface area contributed by atoms with Crippen LogP contribution in [0.3, 0.4) is 0 Å². The summed E-state index contributed by atoms with van der Waals surface area (Å²) >= 11 is 5.53. The second-order valence-electron chi connectivity index (χ2n) is 5.45. The fourth-order valence-corrected chi connectivity index (χ4v) is 4.77. The topological polar surface area (TPSA) is 21.3 Å². The summed E-state index contributed by atoms with van der Waals surface area (Å²) in [5.41, 5.74) is 2.80. The normalized spacial score (nSPS) is 15.0. The molecule has 2 nitrogen and oxygen atoms in total. The monoisotopic (exact) mass is 365 g/mol. The van der Waals surface area contributed by atoms with Crippen molar-refractivity contribution in [2.45, 2.75) is 31.7 Å². The van der Waals surface area contributed by atoms with Gasteiger partial charge in [-0.1, -0.05) is 15.9 Å². The maximum absolute atomic E-state index is 5.50. The Kier molecular flexibility index (Phi) is 4.67. The van der Waals surface area contributed by atoms with Crippen molar-refractivity contribution in [1.82, 2.24) is 5.32 Å². The number of rotatable bonds is 5. The van der Waals surface area contributed by atoms with E-state index in [2.05, 4.69) is 33.4 Å². The fourth-order valence-electron chi connectivity index (χ4n) is 3.00. The summed E-state index contributed by atoms with van der Waals surface area (Å²) in [5, 5.41) is 3.47. The number of halogens is 1. The summed E-state index contributed by atoms with van der Waals surface area (Å²) in [7, 11) is 3.78. The van der Waals surface area contributed by atoms with Crippen molar-refractivity contribution in [3.8, 4) is 5.75 Å². The summed E-state index contributed by atoms with van der Waals surface area (Å²) in [6.45, 7) is 0. The van der Waals surface area contributed by atoms with Crippen molar-refractivity contribution < 1.29 is 4.74 Å². The predicted molar refractivity (Wildman–Crippen MR) is 92.5 cm³/mol. The molecule has 21 heavy (non-hydrogen) atoms. The van der Waals surface area contributed by atoms with E-state index in [0.29, 0.717) is 6.04 Å². The molecule has 3 rings (SSSR count). The molecular weight excluding hydrogens is 346 g/mol. The average molecular weight is 366 g/mol. The number of ether oxygens (including phenoxy) is 1. The highest BCUT2D eigenvalue weighted by atomic mass is 79.9. The second-order valence-corrected chi connectivity index (χ2v) is 7.54. The molecule has 4 heteroatoms. The Morgan fingerprint density at radius 2 is 2.19 bits per heavy atom. The summed E-state index contributed by atoms with van der Waals surface area (Å²) in [4.78, 5) is 3.04. The first kappa shape index (κ1) is 15.1. The van der Waals surface area contributed by atoms with Crippen molar-refractivity contribution in [3.63, 3.8) is 0 Å². The summed E-state index contributed by atoms with van der Waals surface area (Å²) in [5.74, 6) is 0.961. The number of hydrogen-bond acceptors (Lipinski definition) is 3. The number of fused-ring (bicyclic) bond motifs is 1. The van der Waals surface area contributed by atoms with E-state index in [9.17, 15) is 0 Å². The van der Waals surface area contributed by atoms with Crippen LogP contribution in [0, 0.1) is 0 Å². The number of hydrogen-bond donors (Lipinski definition) is 1. The smallest absolute Gasteiger partial charge is 0.122 e. The lowest BCUT2D eigenvalue weighted by atomic mass is 10.0. The van der Waals surface area contributed by atoms with E-state index in [0.717, 1.165) is 16.6 Å². The first-order valence-electron chi connectivity index (χ1n) is 7.32. The molecule has 0 bridgehead atoms. The predicted octanol–water partition coefficient (Wildman–Crippen LogP) is 4.51. The Hall–Kier alpha value is -0.840. The lowest BCUT2D eigenvalue weighted by Gasteiger charge is -2.17. The lowest BCUT2D eigenvalue weighted by molar-refractivity contribution is 0.406. The van der Waals surface area contributed by atoms with Crippen molar-refractivity contribution in [2.24, 2.45) is 0 Å². The van der Waals surface area contributed by atoms with Gasteiger partial charge in [0.2, 0.25) is 0 Å². The van der Waals surface area contributed by atoms with Gasteiger partial charge in [-0.25, -0.2) is 0 Å². The molecule has 1 N–H and O–H groups in total. The van der Waals surface area contributed by atoms with Gasteiger partial charge in [0.1, 0.15) is 5.75 Å². The Morgan fingerprint density at radius 1 is 1.33 bits per heavy atom. The van der Waals surface area contributed by atoms with Crippen molar-refractivity contribution in [1.29, 1.82) is 0 Å². The molecule has 1 heterocycles. The van der Waals surface area contributed by atoms with Gasteiger partial charge in [-0.15, -0.1) is 11.3 Å². The standard InChI is InChI=1S/C17H20BrNOS/c1-19-14(17-10-11-4-3-5-16(11)21-17)9-12-8-13(18)6-7-15(12)20-2/h6-8,10,14,19H,3-5,9H2,1-2H3. The van der Waals surface area contributed by atoms with E-state index >= 15 is 0 Å². The third-order valence-electron chi connectivity index (χ3n) is 4.12. The van der Waals surface area contributed by atoms with Crippen molar-refractivity contribution >= 4 is 27.3 Å². The van der Waals surface area contributed by atoms with E-state index in [1.165, 1.54) is 29.7 Å². The van der Waals surface area contributed by atoms with E-state index in [1.54, 1.807) is 17.6 Å². The highest BCUT2D eigenvalue weighted by Crippen LogP contribution is 2.36. The van der Waals surface area contributed by atoms with Crippen LogP contribution in [0.2, 0.25) is 0 Å². The van der Waals surface area contributed by atoms with E-state index in [1.807, 2.05) is 30.5 Å². The zero-order valence-corrected chi connectivity index (χ0v) is 14.8. The molecule has 2 aromatic rings. The van der Waals surface area contributed by atoms with Crippen LogP contribution < -0.4 is 10.1 Å². The van der Waals surface area contributed by atoms with Gasteiger partial charge >= 0.3 is 0 Å². The second kappa shape index (κ2) is 6.51. The van der Waals surface area contributed by atoms with E-state index in [-0.39, 0.29) is 0 Å². The quantitative estimate of drug-likeness (QED) is 0.841.